The zero-order chi connectivity index (χ0) is 18.7. The summed E-state index contributed by atoms with van der Waals surface area (Å²) in [5.41, 5.74) is 0.414. The Kier molecular flexibility index (Phi) is 5.41. The fourth-order valence-corrected chi connectivity index (χ4v) is 5.10. The predicted octanol–water partition coefficient (Wildman–Crippen LogP) is 1.21. The Bertz CT molecular complexity index is 968. The van der Waals surface area contributed by atoms with Gasteiger partial charge in [-0.15, -0.1) is 0 Å². The number of carbonyl (C=O) groups excluding carboxylic acids is 1. The molecule has 140 valence electrons. The van der Waals surface area contributed by atoms with Crippen LogP contribution in [0, 0.1) is 0 Å². The number of fused-ring (bicyclic) bond motifs is 1. The molecule has 0 saturated carbocycles. The van der Waals surface area contributed by atoms with Crippen LogP contribution >= 0.6 is 0 Å². The van der Waals surface area contributed by atoms with Gasteiger partial charge < -0.3 is 4.90 Å². The van der Waals surface area contributed by atoms with Crippen molar-refractivity contribution < 1.29 is 13.2 Å². The van der Waals surface area contributed by atoms with E-state index in [2.05, 4.69) is 5.10 Å². The normalized spacial score (nSPS) is 18.9. The highest BCUT2D eigenvalue weighted by Gasteiger charge is 2.34. The van der Waals surface area contributed by atoms with Crippen LogP contribution in [0.5, 0.6) is 0 Å². The van der Waals surface area contributed by atoms with E-state index in [1.54, 1.807) is 29.2 Å². The minimum absolute atomic E-state index is 0.0128. The maximum Gasteiger partial charge on any atom is 0.244 e. The third-order valence-electron chi connectivity index (χ3n) is 4.77. The minimum atomic E-state index is -3.07. The first-order valence-electron chi connectivity index (χ1n) is 8.86. The highest BCUT2D eigenvalue weighted by molar-refractivity contribution is 7.91. The molecule has 26 heavy (non-hydrogen) atoms. The van der Waals surface area contributed by atoms with Gasteiger partial charge in [-0.1, -0.05) is 25.5 Å². The molecular formula is C18H23N3O4S. The van der Waals surface area contributed by atoms with Gasteiger partial charge in [0.15, 0.2) is 9.84 Å². The maximum atomic E-state index is 12.9. The van der Waals surface area contributed by atoms with E-state index in [4.69, 9.17) is 0 Å². The van der Waals surface area contributed by atoms with Crippen LogP contribution < -0.4 is 5.43 Å². The molecule has 2 aromatic rings. The van der Waals surface area contributed by atoms with Crippen molar-refractivity contribution in [2.75, 3.05) is 18.1 Å². The second-order valence-corrected chi connectivity index (χ2v) is 8.91. The number of amides is 1. The highest BCUT2D eigenvalue weighted by Crippen LogP contribution is 2.19. The summed E-state index contributed by atoms with van der Waals surface area (Å²) in [7, 11) is -3.07. The summed E-state index contributed by atoms with van der Waals surface area (Å²) in [6.45, 7) is 2.56. The number of hydrogen-bond donors (Lipinski definition) is 0. The van der Waals surface area contributed by atoms with Crippen molar-refractivity contribution in [3.63, 3.8) is 0 Å². The first-order chi connectivity index (χ1) is 12.4. The zero-order valence-corrected chi connectivity index (χ0v) is 15.6. The lowest BCUT2D eigenvalue weighted by molar-refractivity contribution is -0.134. The van der Waals surface area contributed by atoms with Crippen LogP contribution in [0.25, 0.3) is 10.9 Å². The van der Waals surface area contributed by atoms with Crippen molar-refractivity contribution in [1.82, 2.24) is 14.7 Å². The topological polar surface area (TPSA) is 89.3 Å². The number of sulfone groups is 1. The van der Waals surface area contributed by atoms with Gasteiger partial charge in [-0.25, -0.2) is 8.42 Å². The Morgan fingerprint density at radius 3 is 2.81 bits per heavy atom. The number of nitrogens with zero attached hydrogens (tertiary/aromatic N) is 3. The van der Waals surface area contributed by atoms with E-state index in [1.807, 2.05) is 6.92 Å². The summed E-state index contributed by atoms with van der Waals surface area (Å²) in [4.78, 5) is 26.6. The van der Waals surface area contributed by atoms with E-state index in [0.717, 1.165) is 12.8 Å². The smallest absolute Gasteiger partial charge is 0.244 e. The molecule has 1 atom stereocenters. The zero-order valence-electron chi connectivity index (χ0n) is 14.8. The first-order valence-corrected chi connectivity index (χ1v) is 10.7. The Labute approximate surface area is 152 Å². The highest BCUT2D eigenvalue weighted by atomic mass is 32.2. The predicted molar refractivity (Wildman–Crippen MR) is 99.7 cm³/mol. The largest absolute Gasteiger partial charge is 0.337 e. The van der Waals surface area contributed by atoms with Crippen LogP contribution in [0.1, 0.15) is 26.2 Å². The Morgan fingerprint density at radius 2 is 2.12 bits per heavy atom. The molecule has 0 unspecified atom stereocenters. The van der Waals surface area contributed by atoms with Crippen LogP contribution in [-0.2, 0) is 21.2 Å². The van der Waals surface area contributed by atoms with E-state index < -0.39 is 9.84 Å². The molecule has 1 aliphatic rings. The van der Waals surface area contributed by atoms with Crippen molar-refractivity contribution in [2.45, 2.75) is 38.8 Å². The summed E-state index contributed by atoms with van der Waals surface area (Å²) >= 11 is 0. The summed E-state index contributed by atoms with van der Waals surface area (Å²) in [5.74, 6) is -0.00467. The van der Waals surface area contributed by atoms with Crippen molar-refractivity contribution in [3.8, 4) is 0 Å². The lowest BCUT2D eigenvalue weighted by atomic mass is 10.2. The summed E-state index contributed by atoms with van der Waals surface area (Å²) in [5, 5.41) is 4.62. The molecule has 1 fully saturated rings. The molecule has 0 aliphatic carbocycles. The van der Waals surface area contributed by atoms with Gasteiger partial charge in [0.05, 0.1) is 23.2 Å². The lowest BCUT2D eigenvalue weighted by Crippen LogP contribution is -2.43. The summed E-state index contributed by atoms with van der Waals surface area (Å²) < 4.78 is 25.2. The van der Waals surface area contributed by atoms with Crippen LogP contribution in [0.4, 0.5) is 0 Å². The monoisotopic (exact) mass is 377 g/mol. The van der Waals surface area contributed by atoms with Gasteiger partial charge in [-0.2, -0.15) is 5.10 Å². The summed E-state index contributed by atoms with van der Waals surface area (Å²) in [6.07, 6.45) is 3.44. The molecule has 1 amide bonds. The molecule has 1 aromatic carbocycles. The van der Waals surface area contributed by atoms with Gasteiger partial charge in [0, 0.05) is 18.0 Å². The van der Waals surface area contributed by atoms with Crippen LogP contribution in [0.3, 0.4) is 0 Å². The van der Waals surface area contributed by atoms with E-state index >= 15 is 0 Å². The average molecular weight is 377 g/mol. The van der Waals surface area contributed by atoms with Gasteiger partial charge in [-0.05, 0) is 25.0 Å². The molecule has 8 heteroatoms. The molecule has 3 rings (SSSR count). The number of carbonyl (C=O) groups is 1. The number of unbranched alkanes of at least 4 members (excludes halogenated alkanes) is 1. The molecule has 1 saturated heterocycles. The van der Waals surface area contributed by atoms with E-state index in [0.29, 0.717) is 23.9 Å². The Hall–Kier alpha value is -2.22. The quantitative estimate of drug-likeness (QED) is 0.755. The lowest BCUT2D eigenvalue weighted by Gasteiger charge is -2.28. The van der Waals surface area contributed by atoms with Crippen LogP contribution in [0.15, 0.2) is 35.3 Å². The van der Waals surface area contributed by atoms with Gasteiger partial charge in [0.2, 0.25) is 11.3 Å². The summed E-state index contributed by atoms with van der Waals surface area (Å²) in [6, 6.07) is 6.76. The van der Waals surface area contributed by atoms with Crippen molar-refractivity contribution in [2.24, 2.45) is 0 Å². The molecule has 2 heterocycles. The number of aromatic nitrogens is 2. The molecule has 0 bridgehead atoms. The van der Waals surface area contributed by atoms with Gasteiger partial charge in [-0.3, -0.25) is 14.3 Å². The molecule has 1 aromatic heterocycles. The number of rotatable bonds is 6. The van der Waals surface area contributed by atoms with E-state index in [-0.39, 0.29) is 35.4 Å². The SMILES string of the molecule is CCCCN(C(=O)Cn1ncc(=O)c2ccccc21)[C@H]1CCS(=O)(=O)C1. The molecule has 0 radical (unpaired) electrons. The minimum Gasteiger partial charge on any atom is -0.337 e. The van der Waals surface area contributed by atoms with E-state index in [9.17, 15) is 18.0 Å². The Balaban J connectivity index is 1.86. The van der Waals surface area contributed by atoms with Crippen molar-refractivity contribution in [1.29, 1.82) is 0 Å². The first kappa shape index (κ1) is 18.6. The molecule has 7 nitrogen and oxygen atoms in total. The second-order valence-electron chi connectivity index (χ2n) is 6.68. The Morgan fingerprint density at radius 1 is 1.35 bits per heavy atom. The third-order valence-corrected chi connectivity index (χ3v) is 6.52. The van der Waals surface area contributed by atoms with Gasteiger partial charge in [0.1, 0.15) is 6.54 Å². The maximum absolute atomic E-state index is 12.9. The molecule has 1 aliphatic heterocycles. The number of benzene rings is 1. The number of hydrogen-bond acceptors (Lipinski definition) is 5. The molecular weight excluding hydrogens is 354 g/mol. The van der Waals surface area contributed by atoms with Crippen molar-refractivity contribution in [3.05, 3.63) is 40.7 Å². The fourth-order valence-electron chi connectivity index (χ4n) is 3.37. The second kappa shape index (κ2) is 7.57. The standard InChI is InChI=1S/C18H23N3O4S/c1-2-3-9-20(14-8-10-26(24,25)13-14)18(23)12-21-16-7-5-4-6-15(16)17(22)11-19-21/h4-7,11,14H,2-3,8-10,12-13H2,1H3/t14-/m0/s1. The third kappa shape index (κ3) is 3.95. The van der Waals surface area contributed by atoms with Gasteiger partial charge >= 0.3 is 0 Å². The van der Waals surface area contributed by atoms with Crippen LogP contribution in [-0.4, -0.2) is 53.1 Å². The fraction of sp³-hybridized carbons (Fsp3) is 0.500. The number of para-hydroxylation sites is 1. The average Bonchev–Trinajstić information content (AvgIpc) is 2.97. The van der Waals surface area contributed by atoms with Gasteiger partial charge in [0.25, 0.3) is 0 Å². The molecule has 0 spiro atoms. The molecule has 0 N–H and O–H groups in total. The van der Waals surface area contributed by atoms with Crippen molar-refractivity contribution >= 4 is 26.6 Å². The van der Waals surface area contributed by atoms with Crippen LogP contribution in [0.2, 0.25) is 0 Å². The van der Waals surface area contributed by atoms with E-state index in [1.165, 1.54) is 10.9 Å².